The van der Waals surface area contributed by atoms with E-state index in [4.69, 9.17) is 9.72 Å². The van der Waals surface area contributed by atoms with Gasteiger partial charge in [-0.1, -0.05) is 48.2 Å². The van der Waals surface area contributed by atoms with Crippen LogP contribution in [-0.4, -0.2) is 19.7 Å². The largest absolute Gasteiger partial charge is 0.480 e. The predicted molar refractivity (Wildman–Crippen MR) is 123 cm³/mol. The highest BCUT2D eigenvalue weighted by Crippen LogP contribution is 2.30. The molecule has 2 aromatic carbocycles. The van der Waals surface area contributed by atoms with Crippen LogP contribution in [0.5, 0.6) is 5.75 Å². The summed E-state index contributed by atoms with van der Waals surface area (Å²) < 4.78 is 34.7. The number of halogens is 2. The molecule has 0 aliphatic carbocycles. The lowest BCUT2D eigenvalue weighted by Crippen LogP contribution is -2.13. The first-order valence-corrected chi connectivity index (χ1v) is 11.7. The Labute approximate surface area is 192 Å². The van der Waals surface area contributed by atoms with Crippen molar-refractivity contribution in [1.29, 1.82) is 0 Å². The van der Waals surface area contributed by atoms with Crippen LogP contribution in [-0.2, 0) is 12.3 Å². The van der Waals surface area contributed by atoms with Crippen LogP contribution in [0, 0.1) is 11.6 Å². The third kappa shape index (κ3) is 5.05. The Morgan fingerprint density at radius 3 is 2.75 bits per heavy atom. The molecule has 1 unspecified atom stereocenters. The van der Waals surface area contributed by atoms with Gasteiger partial charge in [-0.2, -0.15) is 0 Å². The van der Waals surface area contributed by atoms with Crippen molar-refractivity contribution in [3.63, 3.8) is 0 Å². The number of aromatic nitrogens is 4. The lowest BCUT2D eigenvalue weighted by Gasteiger charge is -2.16. The van der Waals surface area contributed by atoms with Crippen LogP contribution in [0.1, 0.15) is 24.5 Å². The molecular weight excluding hydrogens is 450 g/mol. The maximum absolute atomic E-state index is 14.0. The van der Waals surface area contributed by atoms with Crippen molar-refractivity contribution >= 4 is 23.1 Å². The summed E-state index contributed by atoms with van der Waals surface area (Å²) in [5.74, 6) is -0.315. The summed E-state index contributed by atoms with van der Waals surface area (Å²) in [5.41, 5.74) is 2.04. The number of benzene rings is 2. The average Bonchev–Trinajstić information content (AvgIpc) is 3.42. The van der Waals surface area contributed by atoms with Gasteiger partial charge in [0.2, 0.25) is 0 Å². The van der Waals surface area contributed by atoms with Crippen LogP contribution in [0.4, 0.5) is 8.78 Å². The van der Waals surface area contributed by atoms with Crippen molar-refractivity contribution < 1.29 is 13.5 Å². The molecule has 0 saturated heterocycles. The first kappa shape index (κ1) is 22.2. The lowest BCUT2D eigenvalue weighted by molar-refractivity contribution is 0.200. The Hall–Kier alpha value is -3.04. The van der Waals surface area contributed by atoms with Gasteiger partial charge >= 0.3 is 0 Å². The van der Waals surface area contributed by atoms with E-state index in [-0.39, 0.29) is 5.75 Å². The number of thioether (sulfide) groups is 1. The van der Waals surface area contributed by atoms with Crippen LogP contribution in [0.2, 0.25) is 0 Å². The molecule has 5 nitrogen and oxygen atoms in total. The lowest BCUT2D eigenvalue weighted by atomic mass is 10.2. The van der Waals surface area contributed by atoms with E-state index in [2.05, 4.69) is 16.8 Å². The SMILES string of the molecule is C=CCn1c(SCc2csc(-c3ccccc3)n2)nnc1C(C)Oc1ccc(F)cc1F. The Morgan fingerprint density at radius 1 is 1.19 bits per heavy atom. The summed E-state index contributed by atoms with van der Waals surface area (Å²) in [6, 6.07) is 13.2. The molecule has 0 aliphatic heterocycles. The zero-order valence-corrected chi connectivity index (χ0v) is 18.9. The molecule has 164 valence electrons. The van der Waals surface area contributed by atoms with Crippen molar-refractivity contribution in [2.75, 3.05) is 0 Å². The fourth-order valence-electron chi connectivity index (χ4n) is 3.05. The average molecular weight is 471 g/mol. The standard InChI is InChI=1S/C23H20F2N4OS2/c1-3-11-29-21(15(2)30-20-10-9-17(24)12-19(20)25)27-28-23(29)32-14-18-13-31-22(26-18)16-7-5-4-6-8-16/h3-10,12-13,15H,1,11,14H2,2H3. The van der Waals surface area contributed by atoms with E-state index in [1.807, 2.05) is 40.3 Å². The van der Waals surface area contributed by atoms with Gasteiger partial charge in [-0.15, -0.1) is 28.1 Å². The Bertz CT molecular complexity index is 1210. The van der Waals surface area contributed by atoms with Crippen molar-refractivity contribution in [1.82, 2.24) is 19.7 Å². The normalized spacial score (nSPS) is 12.0. The van der Waals surface area contributed by atoms with E-state index in [0.29, 0.717) is 23.3 Å². The Balaban J connectivity index is 1.48. The predicted octanol–water partition coefficient (Wildman–Crippen LogP) is 6.30. The summed E-state index contributed by atoms with van der Waals surface area (Å²) in [4.78, 5) is 4.71. The van der Waals surface area contributed by atoms with Gasteiger partial charge in [-0.25, -0.2) is 13.8 Å². The molecular formula is C23H20F2N4OS2. The van der Waals surface area contributed by atoms with Crippen LogP contribution in [0.15, 0.2) is 71.7 Å². The number of allylic oxidation sites excluding steroid dienone is 1. The zero-order chi connectivity index (χ0) is 22.5. The monoisotopic (exact) mass is 470 g/mol. The molecule has 0 spiro atoms. The molecule has 4 rings (SSSR count). The Morgan fingerprint density at radius 2 is 2.00 bits per heavy atom. The van der Waals surface area contributed by atoms with E-state index in [1.54, 1.807) is 24.3 Å². The summed E-state index contributed by atoms with van der Waals surface area (Å²) in [6.45, 7) is 6.01. The van der Waals surface area contributed by atoms with E-state index < -0.39 is 17.7 Å². The molecule has 4 aromatic rings. The van der Waals surface area contributed by atoms with E-state index in [1.165, 1.54) is 17.8 Å². The summed E-state index contributed by atoms with van der Waals surface area (Å²) in [5, 5.41) is 12.2. The van der Waals surface area contributed by atoms with Gasteiger partial charge in [0.05, 0.1) is 5.69 Å². The van der Waals surface area contributed by atoms with Gasteiger partial charge in [-0.05, 0) is 19.1 Å². The second kappa shape index (κ2) is 10.1. The van der Waals surface area contributed by atoms with Crippen LogP contribution in [0.25, 0.3) is 10.6 Å². The molecule has 2 heterocycles. The van der Waals surface area contributed by atoms with Gasteiger partial charge in [0, 0.05) is 29.3 Å². The van der Waals surface area contributed by atoms with Crippen LogP contribution < -0.4 is 4.74 Å². The molecule has 9 heteroatoms. The highest BCUT2D eigenvalue weighted by Gasteiger charge is 2.20. The maximum atomic E-state index is 14.0. The molecule has 0 amide bonds. The fraction of sp³-hybridized carbons (Fsp3) is 0.174. The number of thiazole rings is 1. The van der Waals surface area contributed by atoms with E-state index in [0.717, 1.165) is 28.4 Å². The van der Waals surface area contributed by atoms with Crippen molar-refractivity contribution in [3.05, 3.63) is 89.7 Å². The van der Waals surface area contributed by atoms with E-state index in [9.17, 15) is 8.78 Å². The zero-order valence-electron chi connectivity index (χ0n) is 17.2. The number of hydrogen-bond acceptors (Lipinski definition) is 6. The van der Waals surface area contributed by atoms with Crippen LogP contribution >= 0.6 is 23.1 Å². The molecule has 0 radical (unpaired) electrons. The topological polar surface area (TPSA) is 52.8 Å². The summed E-state index contributed by atoms with van der Waals surface area (Å²) in [7, 11) is 0. The second-order valence-corrected chi connectivity index (χ2v) is 8.67. The quantitative estimate of drug-likeness (QED) is 0.212. The minimum absolute atomic E-state index is 0.0443. The number of rotatable bonds is 9. The van der Waals surface area contributed by atoms with Gasteiger partial charge < -0.3 is 4.74 Å². The van der Waals surface area contributed by atoms with Crippen molar-refractivity contribution in [2.45, 2.75) is 30.5 Å². The number of ether oxygens (including phenoxy) is 1. The third-order valence-corrected chi connectivity index (χ3v) is 6.48. The molecule has 2 aromatic heterocycles. The number of hydrogen-bond donors (Lipinski definition) is 0. The van der Waals surface area contributed by atoms with Crippen molar-refractivity contribution in [3.8, 4) is 16.3 Å². The third-order valence-electron chi connectivity index (χ3n) is 4.54. The van der Waals surface area contributed by atoms with Gasteiger partial charge in [0.15, 0.2) is 28.7 Å². The highest BCUT2D eigenvalue weighted by molar-refractivity contribution is 7.98. The van der Waals surface area contributed by atoms with E-state index >= 15 is 0 Å². The molecule has 0 bridgehead atoms. The Kier molecular flexibility index (Phi) is 6.96. The molecule has 0 saturated carbocycles. The summed E-state index contributed by atoms with van der Waals surface area (Å²) >= 11 is 3.11. The minimum atomic E-state index is -0.765. The molecule has 0 aliphatic rings. The second-order valence-electron chi connectivity index (χ2n) is 6.87. The fourth-order valence-corrected chi connectivity index (χ4v) is 4.83. The molecule has 0 fully saturated rings. The molecule has 32 heavy (non-hydrogen) atoms. The number of nitrogens with zero attached hydrogens (tertiary/aromatic N) is 4. The smallest absolute Gasteiger partial charge is 0.192 e. The summed E-state index contributed by atoms with van der Waals surface area (Å²) in [6.07, 6.45) is 1.14. The maximum Gasteiger partial charge on any atom is 0.192 e. The van der Waals surface area contributed by atoms with Gasteiger partial charge in [-0.3, -0.25) is 4.57 Å². The molecule has 1 atom stereocenters. The first-order chi connectivity index (χ1) is 15.5. The highest BCUT2D eigenvalue weighted by atomic mass is 32.2. The first-order valence-electron chi connectivity index (χ1n) is 9.83. The van der Waals surface area contributed by atoms with Crippen LogP contribution in [0.3, 0.4) is 0 Å². The van der Waals surface area contributed by atoms with Gasteiger partial charge in [0.25, 0.3) is 0 Å². The van der Waals surface area contributed by atoms with Crippen molar-refractivity contribution in [2.24, 2.45) is 0 Å². The van der Waals surface area contributed by atoms with Gasteiger partial charge in [0.1, 0.15) is 10.8 Å². The molecule has 0 N–H and O–H groups in total. The minimum Gasteiger partial charge on any atom is -0.480 e.